The van der Waals surface area contributed by atoms with Crippen LogP contribution in [0.3, 0.4) is 0 Å². The fraction of sp³-hybridized carbons (Fsp3) is 0.421. The molecular formula is C19H21ClN4O4S. The lowest BCUT2D eigenvalue weighted by molar-refractivity contribution is 0.0769. The van der Waals surface area contributed by atoms with Gasteiger partial charge in [-0.3, -0.25) is 4.79 Å². The van der Waals surface area contributed by atoms with Crippen LogP contribution in [0, 0.1) is 0 Å². The van der Waals surface area contributed by atoms with Crippen LogP contribution in [0.25, 0.3) is 0 Å². The summed E-state index contributed by atoms with van der Waals surface area (Å²) >= 11 is 5.76. The molecule has 29 heavy (non-hydrogen) atoms. The second-order valence-electron chi connectivity index (χ2n) is 7.10. The third kappa shape index (κ3) is 4.36. The van der Waals surface area contributed by atoms with Gasteiger partial charge in [-0.2, -0.15) is 4.31 Å². The first-order valence-corrected chi connectivity index (χ1v) is 11.3. The van der Waals surface area contributed by atoms with E-state index < -0.39 is 10.0 Å². The van der Waals surface area contributed by atoms with Gasteiger partial charge in [-0.05, 0) is 37.1 Å². The van der Waals surface area contributed by atoms with Crippen molar-refractivity contribution in [2.45, 2.75) is 30.3 Å². The van der Waals surface area contributed by atoms with E-state index in [1.807, 2.05) is 0 Å². The van der Waals surface area contributed by atoms with Crippen molar-refractivity contribution in [2.24, 2.45) is 0 Å². The number of aromatic nitrogens is 2. The Hall–Kier alpha value is -2.23. The zero-order chi connectivity index (χ0) is 20.4. The highest BCUT2D eigenvalue weighted by Gasteiger charge is 2.30. The number of hydrogen-bond acceptors (Lipinski definition) is 6. The lowest BCUT2D eigenvalue weighted by Gasteiger charge is -2.18. The number of hydrogen-bond donors (Lipinski definition) is 0. The molecule has 154 valence electrons. The summed E-state index contributed by atoms with van der Waals surface area (Å²) in [5.41, 5.74) is 0.453. The minimum absolute atomic E-state index is 0.154. The molecule has 1 aromatic carbocycles. The average Bonchev–Trinajstić information content (AvgIpc) is 3.42. The normalized spacial score (nSPS) is 20.2. The fourth-order valence-corrected chi connectivity index (χ4v) is 5.16. The zero-order valence-electron chi connectivity index (χ0n) is 15.7. The fourth-order valence-electron chi connectivity index (χ4n) is 3.55. The van der Waals surface area contributed by atoms with Gasteiger partial charge in [-0.15, -0.1) is 0 Å². The molecule has 0 bridgehead atoms. The van der Waals surface area contributed by atoms with Gasteiger partial charge in [0.15, 0.2) is 0 Å². The van der Waals surface area contributed by atoms with Crippen molar-refractivity contribution in [3.05, 3.63) is 47.2 Å². The molecule has 0 aliphatic carbocycles. The van der Waals surface area contributed by atoms with Crippen molar-refractivity contribution in [1.29, 1.82) is 0 Å². The standard InChI is InChI=1S/C19H21ClN4O4S/c20-15-11-21-19(22-12-15)28-16-7-10-23(13-16)18(25)14-3-5-17(6-4-14)29(26,27)24-8-1-2-9-24/h3-6,11-12,16H,1-2,7-10,13H2/t16-/m0/s1. The second kappa shape index (κ2) is 8.25. The quantitative estimate of drug-likeness (QED) is 0.713. The average molecular weight is 437 g/mol. The lowest BCUT2D eigenvalue weighted by atomic mass is 10.2. The van der Waals surface area contributed by atoms with Crippen molar-refractivity contribution in [1.82, 2.24) is 19.2 Å². The summed E-state index contributed by atoms with van der Waals surface area (Å²) in [7, 11) is -3.48. The molecule has 1 atom stereocenters. The maximum absolute atomic E-state index is 12.8. The first kappa shape index (κ1) is 20.1. The van der Waals surface area contributed by atoms with Gasteiger partial charge in [0.2, 0.25) is 10.0 Å². The molecular weight excluding hydrogens is 416 g/mol. The molecule has 0 N–H and O–H groups in total. The zero-order valence-corrected chi connectivity index (χ0v) is 17.3. The summed E-state index contributed by atoms with van der Waals surface area (Å²) in [6.45, 7) is 2.06. The van der Waals surface area contributed by atoms with E-state index in [2.05, 4.69) is 9.97 Å². The van der Waals surface area contributed by atoms with Gasteiger partial charge in [-0.25, -0.2) is 18.4 Å². The molecule has 0 saturated carbocycles. The van der Waals surface area contributed by atoms with E-state index in [-0.39, 0.29) is 22.9 Å². The van der Waals surface area contributed by atoms with Crippen LogP contribution in [0.1, 0.15) is 29.6 Å². The van der Waals surface area contributed by atoms with E-state index in [1.165, 1.54) is 28.8 Å². The Labute approximate surface area is 174 Å². The number of likely N-dealkylation sites (tertiary alicyclic amines) is 1. The minimum atomic E-state index is -3.48. The number of ether oxygens (including phenoxy) is 1. The molecule has 2 fully saturated rings. The van der Waals surface area contributed by atoms with E-state index in [4.69, 9.17) is 16.3 Å². The Morgan fingerprint density at radius 1 is 1.07 bits per heavy atom. The van der Waals surface area contributed by atoms with Crippen LogP contribution in [0.4, 0.5) is 0 Å². The molecule has 1 amide bonds. The number of carbonyl (C=O) groups excluding carboxylic acids is 1. The summed E-state index contributed by atoms with van der Waals surface area (Å²) in [6, 6.07) is 6.38. The van der Waals surface area contributed by atoms with Gasteiger partial charge in [0.05, 0.1) is 28.9 Å². The number of rotatable bonds is 5. The molecule has 8 nitrogen and oxygen atoms in total. The van der Waals surface area contributed by atoms with Crippen LogP contribution in [0.5, 0.6) is 6.01 Å². The summed E-state index contributed by atoms with van der Waals surface area (Å²) in [5.74, 6) is -0.154. The predicted molar refractivity (Wildman–Crippen MR) is 106 cm³/mol. The summed E-state index contributed by atoms with van der Waals surface area (Å²) in [4.78, 5) is 22.7. The lowest BCUT2D eigenvalue weighted by Crippen LogP contribution is -2.31. The maximum Gasteiger partial charge on any atom is 0.316 e. The van der Waals surface area contributed by atoms with Crippen molar-refractivity contribution in [2.75, 3.05) is 26.2 Å². The largest absolute Gasteiger partial charge is 0.458 e. The molecule has 0 unspecified atom stereocenters. The molecule has 4 rings (SSSR count). The highest BCUT2D eigenvalue weighted by atomic mass is 35.5. The van der Waals surface area contributed by atoms with Crippen molar-refractivity contribution in [3.63, 3.8) is 0 Å². The van der Waals surface area contributed by atoms with Gasteiger partial charge in [0.25, 0.3) is 5.91 Å². The van der Waals surface area contributed by atoms with Crippen molar-refractivity contribution >= 4 is 27.5 Å². The molecule has 2 saturated heterocycles. The van der Waals surface area contributed by atoms with Crippen LogP contribution in [-0.4, -0.2) is 65.8 Å². The van der Waals surface area contributed by atoms with Gasteiger partial charge >= 0.3 is 6.01 Å². The van der Waals surface area contributed by atoms with Gasteiger partial charge in [-0.1, -0.05) is 11.6 Å². The van der Waals surface area contributed by atoms with E-state index in [1.54, 1.807) is 17.0 Å². The monoisotopic (exact) mass is 436 g/mol. The maximum atomic E-state index is 12.8. The SMILES string of the molecule is O=C(c1ccc(S(=O)(=O)N2CCCC2)cc1)N1CC[C@H](Oc2ncc(Cl)cn2)C1. The summed E-state index contributed by atoms with van der Waals surface area (Å²) in [6.07, 6.45) is 5.15. The third-order valence-corrected chi connectivity index (χ3v) is 7.21. The Balaban J connectivity index is 1.39. The number of benzene rings is 1. The molecule has 2 aromatic rings. The molecule has 0 radical (unpaired) electrons. The number of halogens is 1. The van der Waals surface area contributed by atoms with Crippen LogP contribution in [-0.2, 0) is 10.0 Å². The van der Waals surface area contributed by atoms with E-state index in [0.29, 0.717) is 43.2 Å². The molecule has 0 spiro atoms. The summed E-state index contributed by atoms with van der Waals surface area (Å²) < 4.78 is 32.4. The van der Waals surface area contributed by atoms with E-state index in [0.717, 1.165) is 12.8 Å². The highest BCUT2D eigenvalue weighted by Crippen LogP contribution is 2.23. The Kier molecular flexibility index (Phi) is 5.71. The number of nitrogens with zero attached hydrogens (tertiary/aromatic N) is 4. The van der Waals surface area contributed by atoms with Crippen LogP contribution in [0.2, 0.25) is 5.02 Å². The number of carbonyl (C=O) groups is 1. The van der Waals surface area contributed by atoms with Crippen LogP contribution < -0.4 is 4.74 Å². The third-order valence-electron chi connectivity index (χ3n) is 5.11. The molecule has 2 aliphatic heterocycles. The summed E-state index contributed by atoms with van der Waals surface area (Å²) in [5, 5.41) is 0.427. The Morgan fingerprint density at radius 3 is 2.38 bits per heavy atom. The van der Waals surface area contributed by atoms with Crippen molar-refractivity contribution in [3.8, 4) is 6.01 Å². The second-order valence-corrected chi connectivity index (χ2v) is 9.47. The highest BCUT2D eigenvalue weighted by molar-refractivity contribution is 7.89. The number of amides is 1. The number of sulfonamides is 1. The van der Waals surface area contributed by atoms with Gasteiger partial charge < -0.3 is 9.64 Å². The predicted octanol–water partition coefficient (Wildman–Crippen LogP) is 2.21. The topological polar surface area (TPSA) is 92.7 Å². The van der Waals surface area contributed by atoms with E-state index in [9.17, 15) is 13.2 Å². The molecule has 2 aliphatic rings. The Bertz CT molecular complexity index is 976. The van der Waals surface area contributed by atoms with Gasteiger partial charge in [0.1, 0.15) is 6.10 Å². The molecule has 10 heteroatoms. The van der Waals surface area contributed by atoms with Gasteiger partial charge in [0, 0.05) is 31.6 Å². The Morgan fingerprint density at radius 2 is 1.72 bits per heavy atom. The first-order valence-electron chi connectivity index (χ1n) is 9.47. The molecule has 1 aromatic heterocycles. The minimum Gasteiger partial charge on any atom is -0.458 e. The smallest absolute Gasteiger partial charge is 0.316 e. The molecule has 3 heterocycles. The van der Waals surface area contributed by atoms with Crippen LogP contribution in [0.15, 0.2) is 41.6 Å². The van der Waals surface area contributed by atoms with Crippen LogP contribution >= 0.6 is 11.6 Å². The first-order chi connectivity index (χ1) is 13.9. The van der Waals surface area contributed by atoms with E-state index >= 15 is 0 Å². The van der Waals surface area contributed by atoms with Crippen molar-refractivity contribution < 1.29 is 17.9 Å².